The van der Waals surface area contributed by atoms with E-state index in [0.29, 0.717) is 5.56 Å². The van der Waals surface area contributed by atoms with E-state index in [1.807, 2.05) is 69.3 Å². The molecule has 0 saturated heterocycles. The summed E-state index contributed by atoms with van der Waals surface area (Å²) in [5.41, 5.74) is 1.19. The van der Waals surface area contributed by atoms with Crippen LogP contribution < -0.4 is 0 Å². The smallest absolute Gasteiger partial charge is 0.339 e. The van der Waals surface area contributed by atoms with Crippen LogP contribution in [0.15, 0.2) is 60.7 Å². The van der Waals surface area contributed by atoms with Crippen molar-refractivity contribution in [3.63, 3.8) is 0 Å². The number of carbonyl (C=O) groups excluding carboxylic acids is 1. The molecule has 2 heteroatoms. The van der Waals surface area contributed by atoms with Crippen LogP contribution in [0.25, 0.3) is 0 Å². The van der Waals surface area contributed by atoms with E-state index in [0.717, 1.165) is 5.56 Å². The summed E-state index contributed by atoms with van der Waals surface area (Å²) >= 11 is 0. The van der Waals surface area contributed by atoms with Crippen LogP contribution in [0.2, 0.25) is 0 Å². The Morgan fingerprint density at radius 2 is 1.50 bits per heavy atom. The van der Waals surface area contributed by atoms with Crippen LogP contribution in [0.4, 0.5) is 0 Å². The Morgan fingerprint density at radius 3 is 2.05 bits per heavy atom. The molecule has 2 aromatic carbocycles. The zero-order valence-corrected chi connectivity index (χ0v) is 13.2. The summed E-state index contributed by atoms with van der Waals surface area (Å²) in [6, 6.07) is 18.7. The molecular weight excluding hydrogens is 272 g/mol. The van der Waals surface area contributed by atoms with E-state index in [2.05, 4.69) is 11.8 Å². The largest absolute Gasteiger partial charge is 0.445 e. The molecule has 0 amide bonds. The lowest BCUT2D eigenvalue weighted by Crippen LogP contribution is -2.30. The minimum absolute atomic E-state index is 0.258. The number of rotatable bonds is 2. The molecule has 22 heavy (non-hydrogen) atoms. The van der Waals surface area contributed by atoms with Gasteiger partial charge in [-0.15, -0.1) is 0 Å². The van der Waals surface area contributed by atoms with Crippen molar-refractivity contribution in [2.24, 2.45) is 5.41 Å². The van der Waals surface area contributed by atoms with E-state index in [4.69, 9.17) is 4.74 Å². The molecule has 2 rings (SSSR count). The first kappa shape index (κ1) is 15.9. The van der Waals surface area contributed by atoms with Crippen molar-refractivity contribution in [1.82, 2.24) is 0 Å². The first-order valence-electron chi connectivity index (χ1n) is 7.29. The molecule has 0 saturated carbocycles. The molecule has 0 aliphatic carbocycles. The van der Waals surface area contributed by atoms with Crippen LogP contribution in [0.5, 0.6) is 0 Å². The Kier molecular flexibility index (Phi) is 5.01. The monoisotopic (exact) mass is 292 g/mol. The van der Waals surface area contributed by atoms with Gasteiger partial charge in [-0.1, -0.05) is 69.0 Å². The van der Waals surface area contributed by atoms with E-state index in [1.54, 1.807) is 12.1 Å². The normalized spacial score (nSPS) is 12.0. The first-order chi connectivity index (χ1) is 10.5. The van der Waals surface area contributed by atoms with Gasteiger partial charge in [-0.25, -0.2) is 4.79 Å². The van der Waals surface area contributed by atoms with Gasteiger partial charge in [0.2, 0.25) is 0 Å². The second kappa shape index (κ2) is 6.95. The van der Waals surface area contributed by atoms with Gasteiger partial charge in [0.25, 0.3) is 0 Å². The minimum atomic E-state index is -0.472. The predicted octanol–water partition coefficient (Wildman–Crippen LogP) is 4.31. The fourth-order valence-corrected chi connectivity index (χ4v) is 1.84. The third kappa shape index (κ3) is 4.49. The lowest BCUT2D eigenvalue weighted by atomic mass is 9.89. The Hall–Kier alpha value is -2.53. The van der Waals surface area contributed by atoms with E-state index >= 15 is 0 Å². The van der Waals surface area contributed by atoms with E-state index in [9.17, 15) is 4.79 Å². The molecule has 0 aromatic heterocycles. The molecular formula is C20H20O2. The highest BCUT2D eigenvalue weighted by molar-refractivity contribution is 5.89. The second-order valence-corrected chi connectivity index (χ2v) is 6.15. The maximum Gasteiger partial charge on any atom is 0.339 e. The summed E-state index contributed by atoms with van der Waals surface area (Å²) in [5.74, 6) is 5.82. The molecule has 0 bridgehead atoms. The summed E-state index contributed by atoms with van der Waals surface area (Å²) in [5, 5.41) is 0. The fraction of sp³-hybridized carbons (Fsp3) is 0.250. The average Bonchev–Trinajstić information content (AvgIpc) is 2.52. The van der Waals surface area contributed by atoms with Crippen molar-refractivity contribution in [1.29, 1.82) is 0 Å². The Labute approximate surface area is 132 Å². The molecule has 0 spiro atoms. The standard InChI is InChI=1S/C20H20O2/c1-20(2,3)18(15-14-16-10-6-4-7-11-16)22-19(21)17-12-8-5-9-13-17/h4-13,18H,1-3H3/t18-/m0/s1. The predicted molar refractivity (Wildman–Crippen MR) is 88.4 cm³/mol. The highest BCUT2D eigenvalue weighted by atomic mass is 16.5. The maximum absolute atomic E-state index is 12.2. The van der Waals surface area contributed by atoms with Gasteiger partial charge < -0.3 is 4.74 Å². The second-order valence-electron chi connectivity index (χ2n) is 6.15. The molecule has 0 radical (unpaired) electrons. The number of ether oxygens (including phenoxy) is 1. The molecule has 0 unspecified atom stereocenters. The third-order valence-corrected chi connectivity index (χ3v) is 3.14. The van der Waals surface area contributed by atoms with Crippen molar-refractivity contribution in [2.45, 2.75) is 26.9 Å². The maximum atomic E-state index is 12.2. The highest BCUT2D eigenvalue weighted by Gasteiger charge is 2.27. The third-order valence-electron chi connectivity index (χ3n) is 3.14. The van der Waals surface area contributed by atoms with Crippen molar-refractivity contribution in [3.8, 4) is 11.8 Å². The lowest BCUT2D eigenvalue weighted by molar-refractivity contribution is 0.0179. The van der Waals surface area contributed by atoms with Crippen LogP contribution in [0.1, 0.15) is 36.7 Å². The van der Waals surface area contributed by atoms with Gasteiger partial charge in [0.15, 0.2) is 6.10 Å². The van der Waals surface area contributed by atoms with Crippen LogP contribution >= 0.6 is 0 Å². The number of hydrogen-bond acceptors (Lipinski definition) is 2. The average molecular weight is 292 g/mol. The quantitative estimate of drug-likeness (QED) is 0.609. The molecule has 1 atom stereocenters. The summed E-state index contributed by atoms with van der Waals surface area (Å²) in [4.78, 5) is 12.2. The van der Waals surface area contributed by atoms with Gasteiger partial charge in [0.1, 0.15) is 0 Å². The fourth-order valence-electron chi connectivity index (χ4n) is 1.84. The molecule has 0 heterocycles. The van der Waals surface area contributed by atoms with Crippen LogP contribution in [0, 0.1) is 17.3 Å². The van der Waals surface area contributed by atoms with Gasteiger partial charge >= 0.3 is 5.97 Å². The Morgan fingerprint density at radius 1 is 0.955 bits per heavy atom. The molecule has 0 aliphatic rings. The molecule has 0 fully saturated rings. The molecule has 2 aromatic rings. The van der Waals surface area contributed by atoms with Gasteiger partial charge in [-0.2, -0.15) is 0 Å². The minimum Gasteiger partial charge on any atom is -0.445 e. The SMILES string of the molecule is CC(C)(C)[C@H](C#Cc1ccccc1)OC(=O)c1ccccc1. The molecule has 0 aliphatic heterocycles. The zero-order chi connectivity index (χ0) is 16.0. The van der Waals surface area contributed by atoms with Crippen LogP contribution in [0.3, 0.4) is 0 Å². The molecule has 112 valence electrons. The van der Waals surface area contributed by atoms with E-state index in [1.165, 1.54) is 0 Å². The van der Waals surface area contributed by atoms with Crippen molar-refractivity contribution < 1.29 is 9.53 Å². The van der Waals surface area contributed by atoms with Crippen LogP contribution in [-0.4, -0.2) is 12.1 Å². The summed E-state index contributed by atoms with van der Waals surface area (Å²) in [7, 11) is 0. The lowest BCUT2D eigenvalue weighted by Gasteiger charge is -2.26. The number of hydrogen-bond donors (Lipinski definition) is 0. The van der Waals surface area contributed by atoms with Crippen molar-refractivity contribution >= 4 is 5.97 Å². The molecule has 0 N–H and O–H groups in total. The van der Waals surface area contributed by atoms with Crippen molar-refractivity contribution in [2.75, 3.05) is 0 Å². The van der Waals surface area contributed by atoms with Gasteiger partial charge in [-0.3, -0.25) is 0 Å². The van der Waals surface area contributed by atoms with E-state index < -0.39 is 6.10 Å². The number of benzene rings is 2. The van der Waals surface area contributed by atoms with Gasteiger partial charge in [0, 0.05) is 11.0 Å². The van der Waals surface area contributed by atoms with E-state index in [-0.39, 0.29) is 11.4 Å². The van der Waals surface area contributed by atoms with Gasteiger partial charge in [0.05, 0.1) is 5.56 Å². The summed E-state index contributed by atoms with van der Waals surface area (Å²) in [6.45, 7) is 6.03. The number of carbonyl (C=O) groups is 1. The Balaban J connectivity index is 2.18. The molecule has 2 nitrogen and oxygen atoms in total. The number of esters is 1. The van der Waals surface area contributed by atoms with Crippen LogP contribution in [-0.2, 0) is 4.74 Å². The first-order valence-corrected chi connectivity index (χ1v) is 7.29. The summed E-state index contributed by atoms with van der Waals surface area (Å²) < 4.78 is 5.61. The van der Waals surface area contributed by atoms with Gasteiger partial charge in [-0.05, 0) is 24.3 Å². The highest BCUT2D eigenvalue weighted by Crippen LogP contribution is 2.23. The Bertz CT molecular complexity index is 670. The summed E-state index contributed by atoms with van der Waals surface area (Å²) in [6.07, 6.45) is -0.472. The van der Waals surface area contributed by atoms with Crippen molar-refractivity contribution in [3.05, 3.63) is 71.8 Å². The zero-order valence-electron chi connectivity index (χ0n) is 13.2. The topological polar surface area (TPSA) is 26.3 Å².